The molecular weight excluding hydrogens is 318 g/mol. The summed E-state index contributed by atoms with van der Waals surface area (Å²) >= 11 is 0. The Labute approximate surface area is 145 Å². The van der Waals surface area contributed by atoms with E-state index in [2.05, 4.69) is 56.6 Å². The maximum atomic E-state index is 9.21. The maximum Gasteiger partial charge on any atom is 0.233 e. The zero-order valence-corrected chi connectivity index (χ0v) is 14.4. The van der Waals surface area contributed by atoms with Gasteiger partial charge in [-0.3, -0.25) is 5.10 Å². The van der Waals surface area contributed by atoms with Crippen molar-refractivity contribution >= 4 is 23.4 Å². The molecule has 0 aliphatic carbocycles. The van der Waals surface area contributed by atoms with Crippen LogP contribution in [0.4, 0.5) is 23.4 Å². The highest BCUT2D eigenvalue weighted by Crippen LogP contribution is 2.23. The van der Waals surface area contributed by atoms with Crippen molar-refractivity contribution in [2.45, 2.75) is 32.8 Å². The fourth-order valence-electron chi connectivity index (χ4n) is 2.18. The summed E-state index contributed by atoms with van der Waals surface area (Å²) in [4.78, 5) is 12.6. The van der Waals surface area contributed by atoms with Crippen LogP contribution in [0.1, 0.15) is 32.0 Å². The van der Waals surface area contributed by atoms with Crippen molar-refractivity contribution in [1.82, 2.24) is 25.1 Å². The summed E-state index contributed by atoms with van der Waals surface area (Å²) in [5, 5.41) is 22.6. The Hall–Kier alpha value is -3.00. The van der Waals surface area contributed by atoms with Gasteiger partial charge in [0.25, 0.3) is 0 Å². The summed E-state index contributed by atoms with van der Waals surface area (Å²) < 4.78 is 0. The minimum atomic E-state index is -0.0191. The summed E-state index contributed by atoms with van der Waals surface area (Å²) in [5.41, 5.74) is 2.60. The van der Waals surface area contributed by atoms with Crippen molar-refractivity contribution in [3.8, 4) is 0 Å². The predicted octanol–water partition coefficient (Wildman–Crippen LogP) is 2.87. The molecule has 0 saturated heterocycles. The summed E-state index contributed by atoms with van der Waals surface area (Å²) in [5.74, 6) is 1.44. The quantitative estimate of drug-likeness (QED) is 0.565. The molecule has 130 valence electrons. The van der Waals surface area contributed by atoms with E-state index in [1.165, 1.54) is 6.33 Å². The molecule has 0 fully saturated rings. The molecule has 2 aromatic heterocycles. The van der Waals surface area contributed by atoms with Crippen molar-refractivity contribution in [3.05, 3.63) is 47.9 Å². The van der Waals surface area contributed by atoms with Gasteiger partial charge in [0.15, 0.2) is 5.82 Å². The molecule has 1 aromatic carbocycles. The fourth-order valence-corrected chi connectivity index (χ4v) is 2.18. The molecule has 25 heavy (non-hydrogen) atoms. The van der Waals surface area contributed by atoms with E-state index < -0.39 is 0 Å². The second kappa shape index (κ2) is 6.86. The number of hydrogen-bond acceptors (Lipinski definition) is 7. The van der Waals surface area contributed by atoms with Crippen LogP contribution in [0.5, 0.6) is 0 Å². The van der Waals surface area contributed by atoms with E-state index in [0.29, 0.717) is 17.7 Å². The van der Waals surface area contributed by atoms with E-state index in [0.717, 1.165) is 16.9 Å². The number of anilines is 4. The lowest BCUT2D eigenvalue weighted by Crippen LogP contribution is -2.11. The summed E-state index contributed by atoms with van der Waals surface area (Å²) in [6, 6.07) is 9.34. The van der Waals surface area contributed by atoms with E-state index in [1.807, 2.05) is 30.3 Å². The third kappa shape index (κ3) is 4.30. The topological polar surface area (TPSA) is 112 Å². The van der Waals surface area contributed by atoms with E-state index in [9.17, 15) is 5.11 Å². The number of aliphatic hydroxyl groups excluding tert-OH is 1. The molecule has 8 nitrogen and oxygen atoms in total. The summed E-state index contributed by atoms with van der Waals surface area (Å²) in [7, 11) is 0. The molecule has 3 rings (SSSR count). The normalized spacial score (nSPS) is 11.4. The van der Waals surface area contributed by atoms with Gasteiger partial charge in [0.2, 0.25) is 11.9 Å². The minimum Gasteiger partial charge on any atom is -0.392 e. The first-order valence-electron chi connectivity index (χ1n) is 7.93. The number of rotatable bonds is 5. The third-order valence-corrected chi connectivity index (χ3v) is 3.56. The predicted molar refractivity (Wildman–Crippen MR) is 96.0 cm³/mol. The third-order valence-electron chi connectivity index (χ3n) is 3.56. The van der Waals surface area contributed by atoms with Gasteiger partial charge in [0.05, 0.1) is 6.61 Å². The smallest absolute Gasteiger partial charge is 0.233 e. The second-order valence-electron chi connectivity index (χ2n) is 6.66. The molecule has 0 bridgehead atoms. The maximum absolute atomic E-state index is 9.21. The van der Waals surface area contributed by atoms with Gasteiger partial charge in [-0.1, -0.05) is 32.9 Å². The van der Waals surface area contributed by atoms with E-state index in [4.69, 9.17) is 0 Å². The van der Waals surface area contributed by atoms with Crippen molar-refractivity contribution in [3.63, 3.8) is 0 Å². The van der Waals surface area contributed by atoms with Crippen molar-refractivity contribution in [2.75, 3.05) is 10.6 Å². The number of hydrogen-bond donors (Lipinski definition) is 4. The Morgan fingerprint density at radius 1 is 1.08 bits per heavy atom. The first-order chi connectivity index (χ1) is 11.9. The average molecular weight is 339 g/mol. The van der Waals surface area contributed by atoms with Crippen LogP contribution >= 0.6 is 0 Å². The average Bonchev–Trinajstić information content (AvgIpc) is 3.04. The van der Waals surface area contributed by atoms with Crippen molar-refractivity contribution in [2.24, 2.45) is 0 Å². The van der Waals surface area contributed by atoms with Crippen LogP contribution in [-0.2, 0) is 12.0 Å². The van der Waals surface area contributed by atoms with Gasteiger partial charge in [0.1, 0.15) is 6.33 Å². The van der Waals surface area contributed by atoms with Gasteiger partial charge >= 0.3 is 0 Å². The summed E-state index contributed by atoms with van der Waals surface area (Å²) in [6.45, 7) is 6.30. The molecule has 0 aliphatic rings. The molecule has 4 N–H and O–H groups in total. The largest absolute Gasteiger partial charge is 0.392 e. The molecule has 0 saturated carbocycles. The van der Waals surface area contributed by atoms with E-state index in [1.54, 1.807) is 0 Å². The number of aromatic amines is 1. The highest BCUT2D eigenvalue weighted by Gasteiger charge is 2.17. The van der Waals surface area contributed by atoms with Gasteiger partial charge in [-0.05, 0) is 17.7 Å². The Morgan fingerprint density at radius 2 is 1.84 bits per heavy atom. The fraction of sp³-hybridized carbons (Fsp3) is 0.294. The van der Waals surface area contributed by atoms with Crippen LogP contribution in [0.25, 0.3) is 0 Å². The first kappa shape index (κ1) is 16.8. The van der Waals surface area contributed by atoms with Crippen LogP contribution in [0.2, 0.25) is 0 Å². The van der Waals surface area contributed by atoms with Gasteiger partial charge in [-0.2, -0.15) is 10.1 Å². The number of nitrogens with zero attached hydrogens (tertiary/aromatic N) is 4. The lowest BCUT2D eigenvalue weighted by Gasteiger charge is -2.14. The number of nitrogens with one attached hydrogen (secondary N) is 3. The zero-order valence-electron chi connectivity index (χ0n) is 14.4. The number of aromatic nitrogens is 5. The molecule has 3 aromatic rings. The summed E-state index contributed by atoms with van der Waals surface area (Å²) in [6.07, 6.45) is 1.42. The Balaban J connectivity index is 1.74. The van der Waals surface area contributed by atoms with Gasteiger partial charge in [-0.15, -0.1) is 0 Å². The van der Waals surface area contributed by atoms with Crippen LogP contribution in [0.3, 0.4) is 0 Å². The molecule has 0 aliphatic heterocycles. The number of H-pyrrole nitrogens is 1. The molecule has 0 radical (unpaired) electrons. The van der Waals surface area contributed by atoms with Gasteiger partial charge < -0.3 is 15.7 Å². The Kier molecular flexibility index (Phi) is 4.62. The number of benzene rings is 1. The van der Waals surface area contributed by atoms with Crippen LogP contribution in [-0.4, -0.2) is 30.3 Å². The lowest BCUT2D eigenvalue weighted by atomic mass is 9.92. The first-order valence-corrected chi connectivity index (χ1v) is 7.93. The minimum absolute atomic E-state index is 0.0174. The van der Waals surface area contributed by atoms with Crippen LogP contribution in [0.15, 0.2) is 36.7 Å². The molecule has 0 amide bonds. The SMILES string of the molecule is CC(C)(C)c1cc(Nc2ncnc(Nc3cccc(CO)c3)n2)n[nH]1. The van der Waals surface area contributed by atoms with Gasteiger partial charge in [-0.25, -0.2) is 9.97 Å². The van der Waals surface area contributed by atoms with Crippen LogP contribution < -0.4 is 10.6 Å². The second-order valence-corrected chi connectivity index (χ2v) is 6.66. The van der Waals surface area contributed by atoms with Gasteiger partial charge in [0, 0.05) is 22.9 Å². The highest BCUT2D eigenvalue weighted by atomic mass is 16.3. The lowest BCUT2D eigenvalue weighted by molar-refractivity contribution is 0.282. The van der Waals surface area contributed by atoms with E-state index in [-0.39, 0.29) is 12.0 Å². The molecule has 0 spiro atoms. The molecule has 2 heterocycles. The van der Waals surface area contributed by atoms with Crippen molar-refractivity contribution < 1.29 is 5.11 Å². The van der Waals surface area contributed by atoms with Crippen LogP contribution in [0, 0.1) is 0 Å². The number of aliphatic hydroxyl groups is 1. The standard InChI is InChI=1S/C17H21N7O/c1-17(2,3)13-8-14(24-23-13)21-16-19-10-18-15(22-16)20-12-6-4-5-11(7-12)9-25/h4-8,10,25H,9H2,1-3H3,(H3,18,19,20,21,22,23,24). The van der Waals surface area contributed by atoms with Crippen molar-refractivity contribution in [1.29, 1.82) is 0 Å². The molecule has 8 heteroatoms. The zero-order chi connectivity index (χ0) is 17.9. The Morgan fingerprint density at radius 3 is 2.52 bits per heavy atom. The highest BCUT2D eigenvalue weighted by molar-refractivity contribution is 5.56. The monoisotopic (exact) mass is 339 g/mol. The molecular formula is C17H21N7O. The molecule has 0 unspecified atom stereocenters. The molecule has 0 atom stereocenters. The Bertz CT molecular complexity index is 854. The van der Waals surface area contributed by atoms with E-state index >= 15 is 0 Å².